The summed E-state index contributed by atoms with van der Waals surface area (Å²) >= 11 is 0. The Balaban J connectivity index is 1.87. The first-order chi connectivity index (χ1) is 17.1. The molecule has 36 heavy (non-hydrogen) atoms. The van der Waals surface area contributed by atoms with E-state index in [1.165, 1.54) is 7.11 Å². The summed E-state index contributed by atoms with van der Waals surface area (Å²) in [5, 5.41) is 13.7. The largest absolute Gasteiger partial charge is 0.507 e. The predicted molar refractivity (Wildman–Crippen MR) is 135 cm³/mol. The molecule has 0 amide bonds. The number of hydrogen-bond donors (Lipinski definition) is 2. The molecule has 9 nitrogen and oxygen atoms in total. The molecule has 0 spiro atoms. The molecule has 0 radical (unpaired) electrons. The Kier molecular flexibility index (Phi) is 8.82. The molecule has 194 valence electrons. The lowest BCUT2D eigenvalue weighted by Gasteiger charge is -2.24. The van der Waals surface area contributed by atoms with Crippen LogP contribution in [0.3, 0.4) is 0 Å². The topological polar surface area (TPSA) is 120 Å². The van der Waals surface area contributed by atoms with Gasteiger partial charge in [-0.2, -0.15) is 5.09 Å². The number of phenols is 1. The number of ether oxygens (including phenoxy) is 3. The summed E-state index contributed by atoms with van der Waals surface area (Å²) in [5.74, 6) is -0.309. The molecule has 0 fully saturated rings. The van der Waals surface area contributed by atoms with E-state index in [9.17, 15) is 19.3 Å². The predicted octanol–water partition coefficient (Wildman–Crippen LogP) is 5.03. The van der Waals surface area contributed by atoms with Gasteiger partial charge in [-0.05, 0) is 44.9 Å². The van der Waals surface area contributed by atoms with E-state index in [0.29, 0.717) is 28.2 Å². The number of esters is 2. The van der Waals surface area contributed by atoms with Crippen molar-refractivity contribution in [3.8, 4) is 17.2 Å². The van der Waals surface area contributed by atoms with E-state index in [-0.39, 0.29) is 36.9 Å². The molecule has 1 heterocycles. The highest BCUT2D eigenvalue weighted by Crippen LogP contribution is 2.46. The lowest BCUT2D eigenvalue weighted by atomic mass is 9.95. The number of cyclic esters (lactones) is 1. The Hall–Kier alpha value is -3.29. The van der Waals surface area contributed by atoms with Gasteiger partial charge in [-0.3, -0.25) is 9.36 Å². The second-order valence-electron chi connectivity index (χ2n) is 8.52. The van der Waals surface area contributed by atoms with E-state index in [1.54, 1.807) is 51.1 Å². The van der Waals surface area contributed by atoms with Crippen molar-refractivity contribution in [3.05, 3.63) is 64.2 Å². The van der Waals surface area contributed by atoms with Gasteiger partial charge < -0.3 is 23.8 Å². The van der Waals surface area contributed by atoms with Gasteiger partial charge in [0.2, 0.25) is 0 Å². The lowest BCUT2D eigenvalue weighted by Crippen LogP contribution is -2.31. The zero-order valence-electron chi connectivity index (χ0n) is 21.1. The highest BCUT2D eigenvalue weighted by atomic mass is 31.2. The fraction of sp³-hybridized carbons (Fsp3) is 0.385. The number of allylic oxidation sites excluding steroid dienone is 2. The van der Waals surface area contributed by atoms with Gasteiger partial charge in [0.15, 0.2) is 6.23 Å². The van der Waals surface area contributed by atoms with Crippen molar-refractivity contribution in [1.82, 2.24) is 5.09 Å². The van der Waals surface area contributed by atoms with Crippen LogP contribution >= 0.6 is 7.52 Å². The second kappa shape index (κ2) is 11.6. The molecule has 1 aliphatic heterocycles. The number of benzene rings is 2. The van der Waals surface area contributed by atoms with Gasteiger partial charge in [0.25, 0.3) is 0 Å². The van der Waals surface area contributed by atoms with Gasteiger partial charge in [0.1, 0.15) is 29.4 Å². The molecule has 0 saturated carbocycles. The molecule has 1 aliphatic rings. The zero-order valence-corrected chi connectivity index (χ0v) is 22.0. The zero-order chi connectivity index (χ0) is 26.5. The van der Waals surface area contributed by atoms with E-state index >= 15 is 0 Å². The van der Waals surface area contributed by atoms with E-state index < -0.39 is 25.7 Å². The smallest absolute Gasteiger partial charge is 0.342 e. The highest BCUT2D eigenvalue weighted by Gasteiger charge is 2.32. The number of carbonyl (C=O) groups is 2. The van der Waals surface area contributed by atoms with Crippen LogP contribution in [0.25, 0.3) is 0 Å². The molecule has 0 aliphatic carbocycles. The standard InChI is InChI=1S/C26H32NO8P/c1-6-22(28)34-18(4)27-36(31,35-19-10-8-7-9-11-19)15-16(2)12-13-20-24(29)23-21(14-33-26(23)30)17(3)25(20)32-5/h7-12,18,29H,6,13-15H2,1-5H3,(H,27,31)/b16-12+/t18-,36?/m1/s1. The van der Waals surface area contributed by atoms with E-state index in [0.717, 1.165) is 5.56 Å². The first-order valence-electron chi connectivity index (χ1n) is 11.6. The Morgan fingerprint density at radius 1 is 1.31 bits per heavy atom. The third-order valence-electron chi connectivity index (χ3n) is 5.73. The fourth-order valence-corrected chi connectivity index (χ4v) is 6.10. The number of hydrogen-bond acceptors (Lipinski definition) is 8. The molecule has 10 heteroatoms. The first kappa shape index (κ1) is 27.3. The Bertz CT molecular complexity index is 1210. The monoisotopic (exact) mass is 517 g/mol. The van der Waals surface area contributed by atoms with Gasteiger partial charge in [0, 0.05) is 17.5 Å². The van der Waals surface area contributed by atoms with Crippen LogP contribution in [-0.2, 0) is 31.9 Å². The van der Waals surface area contributed by atoms with Gasteiger partial charge in [0.05, 0.1) is 13.3 Å². The van der Waals surface area contributed by atoms with Crippen molar-refractivity contribution in [2.75, 3.05) is 13.3 Å². The highest BCUT2D eigenvalue weighted by molar-refractivity contribution is 7.57. The third-order valence-corrected chi connectivity index (χ3v) is 7.91. The number of phenolic OH excluding ortho intramolecular Hbond substituents is 1. The minimum Gasteiger partial charge on any atom is -0.507 e. The molecule has 2 aromatic carbocycles. The number of rotatable bonds is 11. The third kappa shape index (κ3) is 6.28. The average molecular weight is 518 g/mol. The molecule has 2 aromatic rings. The number of carbonyl (C=O) groups excluding carboxylic acids is 2. The van der Waals surface area contributed by atoms with E-state index in [1.807, 2.05) is 13.0 Å². The second-order valence-corrected chi connectivity index (χ2v) is 10.6. The summed E-state index contributed by atoms with van der Waals surface area (Å²) in [4.78, 5) is 23.9. The minimum absolute atomic E-state index is 0.00491. The van der Waals surface area contributed by atoms with Crippen LogP contribution in [0.15, 0.2) is 42.0 Å². The van der Waals surface area contributed by atoms with Gasteiger partial charge in [-0.1, -0.05) is 36.8 Å². The van der Waals surface area contributed by atoms with E-state index in [2.05, 4.69) is 5.09 Å². The summed E-state index contributed by atoms with van der Waals surface area (Å²) in [7, 11) is -2.07. The minimum atomic E-state index is -3.57. The summed E-state index contributed by atoms with van der Waals surface area (Å²) in [5.41, 5.74) is 2.62. The van der Waals surface area contributed by atoms with Crippen LogP contribution in [0.2, 0.25) is 0 Å². The molecule has 0 bridgehead atoms. The van der Waals surface area contributed by atoms with Crippen LogP contribution in [0.1, 0.15) is 54.2 Å². The maximum atomic E-state index is 13.8. The SMILES string of the molecule is CCC(=O)O[C@H](C)NP(=O)(C/C(C)=C/Cc1c(O)c2c(c(C)c1OC)COC2=O)Oc1ccccc1. The van der Waals surface area contributed by atoms with Crippen LogP contribution in [0.4, 0.5) is 0 Å². The molecule has 3 rings (SSSR count). The molecule has 2 N–H and O–H groups in total. The maximum Gasteiger partial charge on any atom is 0.342 e. The van der Waals surface area contributed by atoms with Gasteiger partial charge in [-0.15, -0.1) is 0 Å². The summed E-state index contributed by atoms with van der Waals surface area (Å²) in [6.45, 7) is 6.94. The van der Waals surface area contributed by atoms with Crippen LogP contribution in [-0.4, -0.2) is 36.5 Å². The lowest BCUT2D eigenvalue weighted by molar-refractivity contribution is -0.148. The Labute approximate surface area is 210 Å². The molecular formula is C26H32NO8P. The molecule has 0 saturated heterocycles. The van der Waals surface area contributed by atoms with Crippen molar-refractivity contribution < 1.29 is 38.0 Å². The Morgan fingerprint density at radius 2 is 2.00 bits per heavy atom. The summed E-state index contributed by atoms with van der Waals surface area (Å²) in [6.07, 6.45) is 1.36. The quantitative estimate of drug-likeness (QED) is 0.183. The number of methoxy groups -OCH3 is 1. The van der Waals surface area contributed by atoms with Crippen LogP contribution < -0.4 is 14.3 Å². The van der Waals surface area contributed by atoms with Crippen molar-refractivity contribution in [2.45, 2.75) is 53.4 Å². The number of fused-ring (bicyclic) bond motifs is 1. The maximum absolute atomic E-state index is 13.8. The molecular weight excluding hydrogens is 485 g/mol. The summed E-state index contributed by atoms with van der Waals surface area (Å²) < 4.78 is 35.5. The molecule has 0 aromatic heterocycles. The van der Waals surface area contributed by atoms with E-state index in [4.69, 9.17) is 18.7 Å². The van der Waals surface area contributed by atoms with Crippen LogP contribution in [0, 0.1) is 6.92 Å². The molecule has 2 atom stereocenters. The van der Waals surface area contributed by atoms with Crippen molar-refractivity contribution >= 4 is 19.5 Å². The number of nitrogens with one attached hydrogen (secondary N) is 1. The van der Waals surface area contributed by atoms with Crippen molar-refractivity contribution in [3.63, 3.8) is 0 Å². The number of para-hydroxylation sites is 1. The average Bonchev–Trinajstić information content (AvgIpc) is 3.22. The normalized spacial score (nSPS) is 15.5. The van der Waals surface area contributed by atoms with Crippen molar-refractivity contribution in [2.24, 2.45) is 0 Å². The first-order valence-corrected chi connectivity index (χ1v) is 13.4. The van der Waals surface area contributed by atoms with Gasteiger partial charge >= 0.3 is 19.5 Å². The van der Waals surface area contributed by atoms with Crippen molar-refractivity contribution in [1.29, 1.82) is 0 Å². The Morgan fingerprint density at radius 3 is 2.64 bits per heavy atom. The fourth-order valence-electron chi connectivity index (χ4n) is 4.04. The molecule has 1 unspecified atom stereocenters. The van der Waals surface area contributed by atoms with Crippen LogP contribution in [0.5, 0.6) is 17.2 Å². The summed E-state index contributed by atoms with van der Waals surface area (Å²) in [6, 6.07) is 8.71. The van der Waals surface area contributed by atoms with Gasteiger partial charge in [-0.25, -0.2) is 4.79 Å². The number of aromatic hydroxyl groups is 1.